The number of nitrogens with zero attached hydrogens (tertiary/aromatic N) is 2. The molecule has 0 aliphatic carbocycles. The third-order valence-electron chi connectivity index (χ3n) is 5.98. The van der Waals surface area contributed by atoms with Crippen LogP contribution in [0, 0.1) is 6.92 Å². The summed E-state index contributed by atoms with van der Waals surface area (Å²) in [5.41, 5.74) is 2.68. The molecule has 37 heavy (non-hydrogen) atoms. The number of rotatable bonds is 11. The minimum absolute atomic E-state index is 0.112. The second-order valence-electron chi connectivity index (χ2n) is 9.45. The fourth-order valence-electron chi connectivity index (χ4n) is 3.97. The first kappa shape index (κ1) is 28.1. The smallest absolute Gasteiger partial charge is 0.243 e. The molecule has 1 N–H and O–H groups in total. The number of hydrogen-bond donors (Lipinski definition) is 1. The van der Waals surface area contributed by atoms with Gasteiger partial charge in [0.25, 0.3) is 0 Å². The van der Waals surface area contributed by atoms with Gasteiger partial charge < -0.3 is 10.2 Å². The van der Waals surface area contributed by atoms with Crippen LogP contribution in [0.1, 0.15) is 30.5 Å². The molecule has 0 aliphatic rings. The molecule has 1 atom stereocenters. The molecule has 0 radical (unpaired) electrons. The normalized spacial score (nSPS) is 12.4. The number of sulfonamides is 1. The number of carbonyl (C=O) groups excluding carboxylic acids is 2. The Kier molecular flexibility index (Phi) is 9.60. The molecule has 0 saturated carbocycles. The van der Waals surface area contributed by atoms with Crippen LogP contribution in [0.2, 0.25) is 0 Å². The third kappa shape index (κ3) is 7.74. The summed E-state index contributed by atoms with van der Waals surface area (Å²) in [5, 5.41) is 2.93. The van der Waals surface area contributed by atoms with Gasteiger partial charge in [0.15, 0.2) is 0 Å². The molecule has 3 rings (SSSR count). The summed E-state index contributed by atoms with van der Waals surface area (Å²) in [4.78, 5) is 28.7. The first-order chi connectivity index (χ1) is 17.6. The molecule has 3 aromatic carbocycles. The van der Waals surface area contributed by atoms with E-state index in [9.17, 15) is 18.0 Å². The van der Waals surface area contributed by atoms with Gasteiger partial charge >= 0.3 is 0 Å². The summed E-state index contributed by atoms with van der Waals surface area (Å²) in [6, 6.07) is 24.4. The van der Waals surface area contributed by atoms with Crippen LogP contribution < -0.4 is 5.32 Å². The lowest BCUT2D eigenvalue weighted by Crippen LogP contribution is -2.53. The largest absolute Gasteiger partial charge is 0.352 e. The molecule has 3 aromatic rings. The Balaban J connectivity index is 1.95. The highest BCUT2D eigenvalue weighted by Crippen LogP contribution is 2.18. The van der Waals surface area contributed by atoms with Crippen LogP contribution in [0.4, 0.5) is 0 Å². The molecular weight excluding hydrogens is 486 g/mol. The van der Waals surface area contributed by atoms with E-state index >= 15 is 0 Å². The molecule has 196 valence electrons. The van der Waals surface area contributed by atoms with E-state index in [0.717, 1.165) is 21.0 Å². The predicted octanol–water partition coefficient (Wildman–Crippen LogP) is 3.78. The van der Waals surface area contributed by atoms with Crippen molar-refractivity contribution in [3.8, 4) is 0 Å². The van der Waals surface area contributed by atoms with Gasteiger partial charge in [-0.15, -0.1) is 0 Å². The van der Waals surface area contributed by atoms with Crippen LogP contribution in [-0.4, -0.2) is 55.1 Å². The molecular formula is C29H35N3O4S. The van der Waals surface area contributed by atoms with Crippen LogP contribution in [0.3, 0.4) is 0 Å². The monoisotopic (exact) mass is 521 g/mol. The summed E-state index contributed by atoms with van der Waals surface area (Å²) >= 11 is 0. The number of carbonyl (C=O) groups is 2. The average Bonchev–Trinajstić information content (AvgIpc) is 2.87. The third-order valence-corrected chi connectivity index (χ3v) is 7.80. The molecule has 0 aromatic heterocycles. The van der Waals surface area contributed by atoms with E-state index in [1.165, 1.54) is 24.1 Å². The molecule has 0 bridgehead atoms. The standard InChI is InChI=1S/C29H35N3O4S/c1-22(2)30-29(34)27(19-24-11-7-5-8-12-24)32(20-25-13-9-6-10-14-25)28(33)21-31(4)37(35,36)26-17-15-23(3)16-18-26/h5-18,22,27H,19-21H2,1-4H3,(H,30,34). The van der Waals surface area contributed by atoms with Crippen molar-refractivity contribution >= 4 is 21.8 Å². The fourth-order valence-corrected chi connectivity index (χ4v) is 5.09. The van der Waals surface area contributed by atoms with Gasteiger partial charge in [0.2, 0.25) is 21.8 Å². The van der Waals surface area contributed by atoms with Gasteiger partial charge in [0.05, 0.1) is 11.4 Å². The van der Waals surface area contributed by atoms with Crippen LogP contribution in [0.25, 0.3) is 0 Å². The highest BCUT2D eigenvalue weighted by Gasteiger charge is 2.33. The quantitative estimate of drug-likeness (QED) is 0.416. The molecule has 0 heterocycles. The maximum Gasteiger partial charge on any atom is 0.243 e. The van der Waals surface area contributed by atoms with Gasteiger partial charge in [-0.05, 0) is 44.0 Å². The summed E-state index contributed by atoms with van der Waals surface area (Å²) in [5.74, 6) is -0.742. The number of hydrogen-bond acceptors (Lipinski definition) is 4. The molecule has 8 heteroatoms. The van der Waals surface area contributed by atoms with Crippen LogP contribution >= 0.6 is 0 Å². The number of benzene rings is 3. The van der Waals surface area contributed by atoms with Gasteiger partial charge in [0, 0.05) is 26.1 Å². The SMILES string of the molecule is Cc1ccc(S(=O)(=O)N(C)CC(=O)N(Cc2ccccc2)C(Cc2ccccc2)C(=O)NC(C)C)cc1. The Bertz CT molecular complexity index is 1280. The van der Waals surface area contributed by atoms with Gasteiger partial charge in [-0.25, -0.2) is 8.42 Å². The van der Waals surface area contributed by atoms with E-state index in [2.05, 4.69) is 5.32 Å². The maximum absolute atomic E-state index is 13.8. The number of aryl methyl sites for hydroxylation is 1. The predicted molar refractivity (Wildman–Crippen MR) is 145 cm³/mol. The van der Waals surface area contributed by atoms with E-state index in [1.54, 1.807) is 12.1 Å². The second-order valence-corrected chi connectivity index (χ2v) is 11.5. The van der Waals surface area contributed by atoms with Gasteiger partial charge in [-0.1, -0.05) is 78.4 Å². The van der Waals surface area contributed by atoms with Crippen LogP contribution in [-0.2, 0) is 32.6 Å². The second kappa shape index (κ2) is 12.7. The summed E-state index contributed by atoms with van der Waals surface area (Å²) in [6.45, 7) is 5.37. The molecule has 0 fully saturated rings. The first-order valence-corrected chi connectivity index (χ1v) is 13.7. The molecule has 2 amide bonds. The van der Waals surface area contributed by atoms with Crippen molar-refractivity contribution in [3.05, 3.63) is 102 Å². The van der Waals surface area contributed by atoms with Crippen molar-refractivity contribution in [2.45, 2.75) is 50.7 Å². The van der Waals surface area contributed by atoms with Crippen molar-refractivity contribution in [2.75, 3.05) is 13.6 Å². The average molecular weight is 522 g/mol. The van der Waals surface area contributed by atoms with Crippen molar-refractivity contribution in [1.82, 2.24) is 14.5 Å². The molecule has 0 saturated heterocycles. The van der Waals surface area contributed by atoms with Gasteiger partial charge in [-0.3, -0.25) is 9.59 Å². The van der Waals surface area contributed by atoms with E-state index in [1.807, 2.05) is 81.4 Å². The maximum atomic E-state index is 13.8. The lowest BCUT2D eigenvalue weighted by atomic mass is 10.0. The van der Waals surface area contributed by atoms with E-state index in [0.29, 0.717) is 6.42 Å². The fraction of sp³-hybridized carbons (Fsp3) is 0.310. The van der Waals surface area contributed by atoms with Crippen molar-refractivity contribution in [2.24, 2.45) is 0 Å². The molecule has 0 spiro atoms. The molecule has 1 unspecified atom stereocenters. The summed E-state index contributed by atoms with van der Waals surface area (Å²) < 4.78 is 27.4. The van der Waals surface area contributed by atoms with Crippen molar-refractivity contribution < 1.29 is 18.0 Å². The minimum atomic E-state index is -3.90. The van der Waals surface area contributed by atoms with E-state index in [-0.39, 0.29) is 23.4 Å². The van der Waals surface area contributed by atoms with Crippen LogP contribution in [0.5, 0.6) is 0 Å². The van der Waals surface area contributed by atoms with Crippen LogP contribution in [0.15, 0.2) is 89.8 Å². The lowest BCUT2D eigenvalue weighted by Gasteiger charge is -2.33. The zero-order valence-electron chi connectivity index (χ0n) is 21.8. The van der Waals surface area contributed by atoms with Crippen molar-refractivity contribution in [1.29, 1.82) is 0 Å². The first-order valence-electron chi connectivity index (χ1n) is 12.3. The molecule has 7 nitrogen and oxygen atoms in total. The summed E-state index contributed by atoms with van der Waals surface area (Å²) in [6.07, 6.45) is 0.298. The Labute approximate surface area is 220 Å². The van der Waals surface area contributed by atoms with E-state index < -0.39 is 28.5 Å². The lowest BCUT2D eigenvalue weighted by molar-refractivity contribution is -0.141. The highest BCUT2D eigenvalue weighted by atomic mass is 32.2. The number of likely N-dealkylation sites (N-methyl/N-ethyl adjacent to an activating group) is 1. The van der Waals surface area contributed by atoms with E-state index in [4.69, 9.17) is 0 Å². The van der Waals surface area contributed by atoms with Gasteiger partial charge in [-0.2, -0.15) is 4.31 Å². The van der Waals surface area contributed by atoms with Crippen molar-refractivity contribution in [3.63, 3.8) is 0 Å². The minimum Gasteiger partial charge on any atom is -0.352 e. The Hall–Kier alpha value is -3.49. The Morgan fingerprint density at radius 2 is 1.38 bits per heavy atom. The van der Waals surface area contributed by atoms with Gasteiger partial charge in [0.1, 0.15) is 6.04 Å². The molecule has 0 aliphatic heterocycles. The Morgan fingerprint density at radius 3 is 1.92 bits per heavy atom. The highest BCUT2D eigenvalue weighted by molar-refractivity contribution is 7.89. The number of amides is 2. The number of nitrogens with one attached hydrogen (secondary N) is 1. The summed E-state index contributed by atoms with van der Waals surface area (Å²) in [7, 11) is -2.51. The zero-order valence-corrected chi connectivity index (χ0v) is 22.6. The zero-order chi connectivity index (χ0) is 27.0. The Morgan fingerprint density at radius 1 is 0.838 bits per heavy atom. The topological polar surface area (TPSA) is 86.8 Å².